The fourth-order valence-electron chi connectivity index (χ4n) is 3.22. The normalized spacial score (nSPS) is 18.8. The molecule has 148 valence electrons. The number of hydrogen-bond acceptors (Lipinski definition) is 2. The third kappa shape index (κ3) is 5.94. The number of amides is 4. The number of carbonyl (C=O) groups excluding carboxylic acids is 2. The molecule has 0 aromatic heterocycles. The lowest BCUT2D eigenvalue weighted by atomic mass is 9.91. The van der Waals surface area contributed by atoms with E-state index in [0.29, 0.717) is 37.1 Å². The molecule has 28 heavy (non-hydrogen) atoms. The van der Waals surface area contributed by atoms with Crippen LogP contribution in [-0.2, 0) is 0 Å². The summed E-state index contributed by atoms with van der Waals surface area (Å²) in [4.78, 5) is 24.1. The zero-order valence-corrected chi connectivity index (χ0v) is 15.2. The SMILES string of the molecule is O=C(Nc1cccc(F)c1)NC1CCC(NC(=O)Nc2cccc(F)c2)CC1. The standard InChI is InChI=1S/C20H22F2N4O2/c21-13-3-1-5-17(11-13)25-19(27)23-15-7-9-16(10-8-15)24-20(28)26-18-6-2-4-14(22)12-18/h1-6,11-12,15-16H,7-10H2,(H2,23,25,27)(H2,24,26,28). The molecule has 0 aliphatic heterocycles. The van der Waals surface area contributed by atoms with Gasteiger partial charge in [0.2, 0.25) is 0 Å². The second kappa shape index (κ2) is 9.16. The Bertz CT molecular complexity index is 769. The van der Waals surface area contributed by atoms with Crippen LogP contribution in [0, 0.1) is 11.6 Å². The van der Waals surface area contributed by atoms with Crippen molar-refractivity contribution in [2.75, 3.05) is 10.6 Å². The summed E-state index contributed by atoms with van der Waals surface area (Å²) in [5, 5.41) is 10.9. The maximum atomic E-state index is 13.2. The molecule has 1 saturated carbocycles. The van der Waals surface area contributed by atoms with Gasteiger partial charge in [0.1, 0.15) is 11.6 Å². The quantitative estimate of drug-likeness (QED) is 0.633. The van der Waals surface area contributed by atoms with Crippen LogP contribution in [0.4, 0.5) is 29.7 Å². The van der Waals surface area contributed by atoms with Gasteiger partial charge in [-0.3, -0.25) is 0 Å². The summed E-state index contributed by atoms with van der Waals surface area (Å²) in [6.07, 6.45) is 2.84. The Balaban J connectivity index is 1.39. The van der Waals surface area contributed by atoms with Crippen LogP contribution in [0.1, 0.15) is 25.7 Å². The molecule has 2 aromatic carbocycles. The molecular formula is C20H22F2N4O2. The highest BCUT2D eigenvalue weighted by atomic mass is 19.1. The summed E-state index contributed by atoms with van der Waals surface area (Å²) in [5.74, 6) is -0.832. The van der Waals surface area contributed by atoms with Crippen molar-refractivity contribution in [3.8, 4) is 0 Å². The minimum absolute atomic E-state index is 0.0158. The average molecular weight is 388 g/mol. The molecule has 4 amide bonds. The fraction of sp³-hybridized carbons (Fsp3) is 0.300. The van der Waals surface area contributed by atoms with Crippen LogP contribution in [0.3, 0.4) is 0 Å². The molecule has 0 bridgehead atoms. The van der Waals surface area contributed by atoms with Crippen LogP contribution >= 0.6 is 0 Å². The van der Waals surface area contributed by atoms with Crippen LogP contribution in [-0.4, -0.2) is 24.1 Å². The summed E-state index contributed by atoms with van der Waals surface area (Å²) in [6, 6.07) is 10.6. The number of carbonyl (C=O) groups is 2. The number of anilines is 2. The average Bonchev–Trinajstić information content (AvgIpc) is 2.63. The van der Waals surface area contributed by atoms with Gasteiger partial charge in [0.25, 0.3) is 0 Å². The van der Waals surface area contributed by atoms with Gasteiger partial charge in [-0.25, -0.2) is 18.4 Å². The minimum atomic E-state index is -0.416. The predicted octanol–water partition coefficient (Wildman–Crippen LogP) is 4.22. The topological polar surface area (TPSA) is 82.3 Å². The monoisotopic (exact) mass is 388 g/mol. The molecule has 1 aliphatic carbocycles. The van der Waals surface area contributed by atoms with E-state index < -0.39 is 11.6 Å². The lowest BCUT2D eigenvalue weighted by Crippen LogP contribution is -2.45. The van der Waals surface area contributed by atoms with Gasteiger partial charge in [-0.15, -0.1) is 0 Å². The molecule has 6 nitrogen and oxygen atoms in total. The van der Waals surface area contributed by atoms with E-state index in [1.165, 1.54) is 36.4 Å². The molecule has 0 atom stereocenters. The smallest absolute Gasteiger partial charge is 0.319 e. The van der Waals surface area contributed by atoms with Crippen molar-refractivity contribution >= 4 is 23.4 Å². The van der Waals surface area contributed by atoms with Gasteiger partial charge in [0.05, 0.1) is 0 Å². The molecule has 0 unspecified atom stereocenters. The Labute approximate surface area is 161 Å². The third-order valence-corrected chi connectivity index (χ3v) is 4.56. The first kappa shape index (κ1) is 19.6. The zero-order chi connectivity index (χ0) is 19.9. The molecule has 1 aliphatic rings. The highest BCUT2D eigenvalue weighted by Gasteiger charge is 2.23. The van der Waals surface area contributed by atoms with Crippen molar-refractivity contribution in [3.05, 3.63) is 60.2 Å². The summed E-state index contributed by atoms with van der Waals surface area (Å²) in [5.41, 5.74) is 0.781. The Kier molecular flexibility index (Phi) is 6.41. The van der Waals surface area contributed by atoms with Crippen LogP contribution in [0.5, 0.6) is 0 Å². The summed E-state index contributed by atoms with van der Waals surface area (Å²) in [7, 11) is 0. The lowest BCUT2D eigenvalue weighted by Gasteiger charge is -2.29. The predicted molar refractivity (Wildman–Crippen MR) is 103 cm³/mol. The van der Waals surface area contributed by atoms with E-state index in [4.69, 9.17) is 0 Å². The first-order valence-electron chi connectivity index (χ1n) is 9.14. The number of rotatable bonds is 4. The maximum absolute atomic E-state index is 13.2. The first-order chi connectivity index (χ1) is 13.5. The molecule has 0 saturated heterocycles. The van der Waals surface area contributed by atoms with E-state index in [1.807, 2.05) is 0 Å². The Morgan fingerprint density at radius 1 is 0.714 bits per heavy atom. The van der Waals surface area contributed by atoms with Crippen LogP contribution < -0.4 is 21.3 Å². The number of benzene rings is 2. The van der Waals surface area contributed by atoms with E-state index in [-0.39, 0.29) is 24.1 Å². The van der Waals surface area contributed by atoms with Crippen molar-refractivity contribution in [2.45, 2.75) is 37.8 Å². The second-order valence-electron chi connectivity index (χ2n) is 6.77. The number of hydrogen-bond donors (Lipinski definition) is 4. The molecular weight excluding hydrogens is 366 g/mol. The highest BCUT2D eigenvalue weighted by molar-refractivity contribution is 5.90. The fourth-order valence-corrected chi connectivity index (χ4v) is 3.22. The van der Waals surface area contributed by atoms with Gasteiger partial charge in [-0.2, -0.15) is 0 Å². The highest BCUT2D eigenvalue weighted by Crippen LogP contribution is 2.19. The van der Waals surface area contributed by atoms with Crippen molar-refractivity contribution in [1.82, 2.24) is 10.6 Å². The van der Waals surface area contributed by atoms with Crippen molar-refractivity contribution in [1.29, 1.82) is 0 Å². The van der Waals surface area contributed by atoms with Gasteiger partial charge in [0.15, 0.2) is 0 Å². The van der Waals surface area contributed by atoms with Crippen LogP contribution in [0.15, 0.2) is 48.5 Å². The molecule has 1 fully saturated rings. The Morgan fingerprint density at radius 3 is 1.46 bits per heavy atom. The largest absolute Gasteiger partial charge is 0.335 e. The third-order valence-electron chi connectivity index (χ3n) is 4.56. The van der Waals surface area contributed by atoms with Gasteiger partial charge in [-0.1, -0.05) is 12.1 Å². The lowest BCUT2D eigenvalue weighted by molar-refractivity contribution is 0.233. The van der Waals surface area contributed by atoms with Crippen LogP contribution in [0.2, 0.25) is 0 Å². The van der Waals surface area contributed by atoms with Gasteiger partial charge >= 0.3 is 12.1 Å². The Morgan fingerprint density at radius 2 is 1.11 bits per heavy atom. The first-order valence-corrected chi connectivity index (χ1v) is 9.14. The summed E-state index contributed by atoms with van der Waals surface area (Å²) in [6.45, 7) is 0. The number of urea groups is 2. The van der Waals surface area contributed by atoms with Gasteiger partial charge in [0, 0.05) is 23.5 Å². The second-order valence-corrected chi connectivity index (χ2v) is 6.77. The van der Waals surface area contributed by atoms with E-state index >= 15 is 0 Å². The van der Waals surface area contributed by atoms with Crippen molar-refractivity contribution in [2.24, 2.45) is 0 Å². The molecule has 2 aromatic rings. The zero-order valence-electron chi connectivity index (χ0n) is 15.2. The van der Waals surface area contributed by atoms with Gasteiger partial charge in [-0.05, 0) is 62.1 Å². The van der Waals surface area contributed by atoms with Crippen molar-refractivity contribution in [3.63, 3.8) is 0 Å². The van der Waals surface area contributed by atoms with E-state index in [9.17, 15) is 18.4 Å². The molecule has 4 N–H and O–H groups in total. The van der Waals surface area contributed by atoms with E-state index in [2.05, 4.69) is 21.3 Å². The summed E-state index contributed by atoms with van der Waals surface area (Å²) >= 11 is 0. The Hall–Kier alpha value is -3.16. The van der Waals surface area contributed by atoms with E-state index in [1.54, 1.807) is 12.1 Å². The van der Waals surface area contributed by atoms with Gasteiger partial charge < -0.3 is 21.3 Å². The number of nitrogens with one attached hydrogen (secondary N) is 4. The minimum Gasteiger partial charge on any atom is -0.335 e. The molecule has 0 spiro atoms. The molecule has 3 rings (SSSR count). The number of halogens is 2. The molecule has 0 heterocycles. The van der Waals surface area contributed by atoms with E-state index in [0.717, 1.165) is 0 Å². The maximum Gasteiger partial charge on any atom is 0.319 e. The van der Waals surface area contributed by atoms with Crippen LogP contribution in [0.25, 0.3) is 0 Å². The molecule has 0 radical (unpaired) electrons. The molecule has 8 heteroatoms. The summed E-state index contributed by atoms with van der Waals surface area (Å²) < 4.78 is 26.3. The van der Waals surface area contributed by atoms with Crippen molar-refractivity contribution < 1.29 is 18.4 Å².